The Bertz CT molecular complexity index is 626. The van der Waals surface area contributed by atoms with Crippen LogP contribution in [0.15, 0.2) is 49.6 Å². The molecule has 1 nitrogen and oxygen atoms in total. The molecule has 0 spiro atoms. The SMILES string of the molecule is C=C1c2ccccc2C(=C)[C@@]23O[C@]12[C@H]1C=C[C@H]3CC1. The lowest BCUT2D eigenvalue weighted by Crippen LogP contribution is -2.48. The van der Waals surface area contributed by atoms with Gasteiger partial charge in [0.2, 0.25) is 0 Å². The van der Waals surface area contributed by atoms with Gasteiger partial charge < -0.3 is 4.74 Å². The zero-order chi connectivity index (χ0) is 12.8. The molecule has 0 N–H and O–H groups in total. The number of rotatable bonds is 0. The molecule has 1 aromatic carbocycles. The number of hydrogen-bond donors (Lipinski definition) is 0. The van der Waals surface area contributed by atoms with E-state index >= 15 is 0 Å². The van der Waals surface area contributed by atoms with Crippen LogP contribution in [0.3, 0.4) is 0 Å². The van der Waals surface area contributed by atoms with Crippen molar-refractivity contribution in [1.29, 1.82) is 0 Å². The average Bonchev–Trinajstić information content (AvgIpc) is 3.22. The smallest absolute Gasteiger partial charge is 0.134 e. The highest BCUT2D eigenvalue weighted by atomic mass is 16.6. The van der Waals surface area contributed by atoms with Crippen LogP contribution in [-0.2, 0) is 4.74 Å². The van der Waals surface area contributed by atoms with E-state index in [0.29, 0.717) is 11.8 Å². The first-order chi connectivity index (χ1) is 9.22. The lowest BCUT2D eigenvalue weighted by Gasteiger charge is -2.44. The highest BCUT2D eigenvalue weighted by Gasteiger charge is 2.82. The van der Waals surface area contributed by atoms with E-state index in [1.54, 1.807) is 0 Å². The second kappa shape index (κ2) is 2.78. The van der Waals surface area contributed by atoms with Crippen molar-refractivity contribution in [3.63, 3.8) is 0 Å². The Labute approximate surface area is 113 Å². The molecule has 1 saturated carbocycles. The molecule has 6 rings (SSSR count). The van der Waals surface area contributed by atoms with E-state index in [2.05, 4.69) is 49.6 Å². The fourth-order valence-electron chi connectivity index (χ4n) is 4.86. The molecule has 4 aliphatic carbocycles. The summed E-state index contributed by atoms with van der Waals surface area (Å²) in [4.78, 5) is 0. The third-order valence-electron chi connectivity index (χ3n) is 5.71. The van der Waals surface area contributed by atoms with Crippen LogP contribution >= 0.6 is 0 Å². The highest BCUT2D eigenvalue weighted by molar-refractivity contribution is 5.97. The fourth-order valence-corrected chi connectivity index (χ4v) is 4.86. The summed E-state index contributed by atoms with van der Waals surface area (Å²) in [5.74, 6) is 0.963. The minimum atomic E-state index is -0.171. The molecule has 1 heterocycles. The summed E-state index contributed by atoms with van der Waals surface area (Å²) in [5, 5.41) is 0. The van der Waals surface area contributed by atoms with Crippen LogP contribution in [0.1, 0.15) is 24.0 Å². The van der Waals surface area contributed by atoms with Crippen molar-refractivity contribution in [2.45, 2.75) is 24.0 Å². The molecule has 5 aliphatic rings. The Balaban J connectivity index is 1.84. The Kier molecular flexibility index (Phi) is 1.50. The standard InChI is InChI=1S/C18H16O/c1-11-15-5-3-4-6-16(15)12(2)18-14-9-7-13(8-10-14)17(11,18)19-18/h3-7,9,13-14H,1-2,8,10H2/t13-,14-,17-,18-/m0/s1. The average molecular weight is 248 g/mol. The van der Waals surface area contributed by atoms with Crippen LogP contribution in [0.25, 0.3) is 11.1 Å². The Hall–Kier alpha value is -1.60. The molecular weight excluding hydrogens is 232 g/mol. The summed E-state index contributed by atoms with van der Waals surface area (Å²) in [6.45, 7) is 8.80. The molecule has 2 fully saturated rings. The molecule has 0 radical (unpaired) electrons. The summed E-state index contributed by atoms with van der Waals surface area (Å²) in [7, 11) is 0. The van der Waals surface area contributed by atoms with Crippen molar-refractivity contribution < 1.29 is 4.74 Å². The lowest BCUT2D eigenvalue weighted by molar-refractivity contribution is 0.293. The maximum absolute atomic E-state index is 6.45. The summed E-state index contributed by atoms with van der Waals surface area (Å²) in [6.07, 6.45) is 7.15. The van der Waals surface area contributed by atoms with Gasteiger partial charge in [-0.1, -0.05) is 49.6 Å². The van der Waals surface area contributed by atoms with Gasteiger partial charge in [0.15, 0.2) is 0 Å². The first-order valence-electron chi connectivity index (χ1n) is 7.09. The molecule has 1 aliphatic heterocycles. The summed E-state index contributed by atoms with van der Waals surface area (Å²) < 4.78 is 6.45. The van der Waals surface area contributed by atoms with Crippen molar-refractivity contribution in [1.82, 2.24) is 0 Å². The number of epoxide rings is 1. The van der Waals surface area contributed by atoms with E-state index in [1.165, 1.54) is 35.1 Å². The molecule has 19 heavy (non-hydrogen) atoms. The molecule has 2 bridgehead atoms. The second-order valence-electron chi connectivity index (χ2n) is 6.25. The van der Waals surface area contributed by atoms with E-state index in [0.717, 1.165) is 0 Å². The zero-order valence-electron chi connectivity index (χ0n) is 10.9. The van der Waals surface area contributed by atoms with E-state index in [1.807, 2.05) is 0 Å². The number of ether oxygens (including phenoxy) is 1. The van der Waals surface area contributed by atoms with Gasteiger partial charge in [0.25, 0.3) is 0 Å². The molecule has 1 saturated heterocycles. The van der Waals surface area contributed by atoms with Gasteiger partial charge in [0.05, 0.1) is 0 Å². The van der Waals surface area contributed by atoms with Gasteiger partial charge in [-0.15, -0.1) is 0 Å². The lowest BCUT2D eigenvalue weighted by atomic mass is 9.54. The summed E-state index contributed by atoms with van der Waals surface area (Å²) >= 11 is 0. The number of benzene rings is 1. The van der Waals surface area contributed by atoms with Gasteiger partial charge in [-0.25, -0.2) is 0 Å². The minimum Gasteiger partial charge on any atom is -0.351 e. The van der Waals surface area contributed by atoms with E-state index < -0.39 is 0 Å². The largest absolute Gasteiger partial charge is 0.351 e. The Morgan fingerprint density at radius 1 is 0.895 bits per heavy atom. The van der Waals surface area contributed by atoms with Crippen molar-refractivity contribution in [3.8, 4) is 0 Å². The maximum Gasteiger partial charge on any atom is 0.134 e. The quantitative estimate of drug-likeness (QED) is 0.502. The van der Waals surface area contributed by atoms with Crippen molar-refractivity contribution in [3.05, 3.63) is 60.7 Å². The molecule has 4 atom stereocenters. The van der Waals surface area contributed by atoms with Crippen LogP contribution in [-0.4, -0.2) is 11.2 Å². The van der Waals surface area contributed by atoms with E-state index in [-0.39, 0.29) is 11.2 Å². The number of hydrogen-bond acceptors (Lipinski definition) is 1. The third kappa shape index (κ3) is 0.820. The first kappa shape index (κ1) is 10.2. The molecule has 0 unspecified atom stereocenters. The van der Waals surface area contributed by atoms with Gasteiger partial charge in [0, 0.05) is 11.8 Å². The van der Waals surface area contributed by atoms with Crippen LogP contribution in [0.2, 0.25) is 0 Å². The van der Waals surface area contributed by atoms with Crippen LogP contribution in [0.5, 0.6) is 0 Å². The van der Waals surface area contributed by atoms with Crippen LogP contribution < -0.4 is 0 Å². The van der Waals surface area contributed by atoms with Crippen molar-refractivity contribution in [2.24, 2.45) is 11.8 Å². The predicted molar refractivity (Wildman–Crippen MR) is 76.4 cm³/mol. The van der Waals surface area contributed by atoms with Crippen molar-refractivity contribution in [2.75, 3.05) is 0 Å². The van der Waals surface area contributed by atoms with Gasteiger partial charge in [-0.2, -0.15) is 0 Å². The second-order valence-corrected chi connectivity index (χ2v) is 6.25. The molecule has 0 amide bonds. The molecule has 94 valence electrons. The van der Waals surface area contributed by atoms with Crippen molar-refractivity contribution >= 4 is 11.1 Å². The molecule has 0 aromatic heterocycles. The number of fused-ring (bicyclic) bond motifs is 2. The van der Waals surface area contributed by atoms with Gasteiger partial charge >= 0.3 is 0 Å². The molecule has 1 heteroatoms. The first-order valence-corrected chi connectivity index (χ1v) is 7.09. The minimum absolute atomic E-state index is 0.171. The fraction of sp³-hybridized carbons (Fsp3) is 0.333. The van der Waals surface area contributed by atoms with Gasteiger partial charge in [-0.3, -0.25) is 0 Å². The highest BCUT2D eigenvalue weighted by Crippen LogP contribution is 2.76. The Morgan fingerprint density at radius 3 is 1.79 bits per heavy atom. The van der Waals surface area contributed by atoms with E-state index in [4.69, 9.17) is 4.74 Å². The normalized spacial score (nSPS) is 44.6. The van der Waals surface area contributed by atoms with Gasteiger partial charge in [0.1, 0.15) is 11.2 Å². The van der Waals surface area contributed by atoms with Gasteiger partial charge in [-0.05, 0) is 35.1 Å². The maximum atomic E-state index is 6.45. The summed E-state index contributed by atoms with van der Waals surface area (Å²) in [5.41, 5.74) is 4.49. The van der Waals surface area contributed by atoms with Crippen LogP contribution in [0, 0.1) is 11.8 Å². The third-order valence-corrected chi connectivity index (χ3v) is 5.71. The molecule has 1 aromatic rings. The summed E-state index contributed by atoms with van der Waals surface area (Å²) in [6, 6.07) is 8.49. The van der Waals surface area contributed by atoms with E-state index in [9.17, 15) is 0 Å². The van der Waals surface area contributed by atoms with Crippen LogP contribution in [0.4, 0.5) is 0 Å². The predicted octanol–water partition coefficient (Wildman–Crippen LogP) is 3.83. The topological polar surface area (TPSA) is 12.5 Å². The Morgan fingerprint density at radius 2 is 1.37 bits per heavy atom. The zero-order valence-corrected chi connectivity index (χ0v) is 10.9. The molecular formula is C18H16O. The monoisotopic (exact) mass is 248 g/mol.